The molecule has 1 heterocycles. The van der Waals surface area contributed by atoms with Crippen molar-refractivity contribution in [3.63, 3.8) is 0 Å². The second kappa shape index (κ2) is 4.54. The summed E-state index contributed by atoms with van der Waals surface area (Å²) in [6, 6.07) is 13.3. The van der Waals surface area contributed by atoms with Gasteiger partial charge in [0, 0.05) is 12.1 Å². The molecule has 0 aliphatic carbocycles. The number of anilines is 3. The molecule has 0 spiro atoms. The quantitative estimate of drug-likeness (QED) is 0.805. The average molecular weight is 251 g/mol. The second-order valence-corrected chi connectivity index (χ2v) is 4.46. The highest BCUT2D eigenvalue weighted by Crippen LogP contribution is 2.30. The zero-order valence-corrected chi connectivity index (χ0v) is 10.3. The molecule has 94 valence electrons. The van der Waals surface area contributed by atoms with Gasteiger partial charge in [0.2, 0.25) is 0 Å². The number of ether oxygens (including phenoxy) is 1. The first-order valence-electron chi connectivity index (χ1n) is 6.08. The summed E-state index contributed by atoms with van der Waals surface area (Å²) in [7, 11) is 0. The van der Waals surface area contributed by atoms with Gasteiger partial charge in [0.15, 0.2) is 0 Å². The van der Waals surface area contributed by atoms with Gasteiger partial charge in [0.25, 0.3) is 0 Å². The minimum Gasteiger partial charge on any atom is -0.493 e. The molecule has 0 saturated carbocycles. The van der Waals surface area contributed by atoms with Crippen LogP contribution in [0, 0.1) is 11.3 Å². The minimum absolute atomic E-state index is 0.584. The van der Waals surface area contributed by atoms with E-state index < -0.39 is 0 Å². The van der Waals surface area contributed by atoms with Crippen LogP contribution in [0.4, 0.5) is 17.1 Å². The molecule has 4 nitrogen and oxygen atoms in total. The summed E-state index contributed by atoms with van der Waals surface area (Å²) >= 11 is 0. The van der Waals surface area contributed by atoms with Gasteiger partial charge in [-0.25, -0.2) is 0 Å². The fourth-order valence-electron chi connectivity index (χ4n) is 2.15. The van der Waals surface area contributed by atoms with Crippen molar-refractivity contribution in [1.29, 1.82) is 5.26 Å². The monoisotopic (exact) mass is 251 g/mol. The second-order valence-electron chi connectivity index (χ2n) is 4.46. The van der Waals surface area contributed by atoms with Gasteiger partial charge in [0.05, 0.1) is 29.6 Å². The van der Waals surface area contributed by atoms with Gasteiger partial charge in [-0.15, -0.1) is 0 Å². The Morgan fingerprint density at radius 1 is 1.21 bits per heavy atom. The largest absolute Gasteiger partial charge is 0.493 e. The highest BCUT2D eigenvalue weighted by molar-refractivity contribution is 5.74. The summed E-state index contributed by atoms with van der Waals surface area (Å²) < 4.78 is 5.47. The number of nitrogens with two attached hydrogens (primary N) is 1. The highest BCUT2D eigenvalue weighted by atomic mass is 16.5. The molecule has 1 aliphatic heterocycles. The van der Waals surface area contributed by atoms with Crippen molar-refractivity contribution < 1.29 is 4.74 Å². The van der Waals surface area contributed by atoms with Crippen LogP contribution in [0.3, 0.4) is 0 Å². The molecule has 1 aliphatic rings. The van der Waals surface area contributed by atoms with E-state index in [1.165, 1.54) is 5.56 Å². The molecular formula is C15H13N3O. The van der Waals surface area contributed by atoms with E-state index in [1.54, 1.807) is 18.2 Å². The van der Waals surface area contributed by atoms with Crippen LogP contribution in [0.15, 0.2) is 36.4 Å². The van der Waals surface area contributed by atoms with Crippen LogP contribution in [0.1, 0.15) is 11.1 Å². The highest BCUT2D eigenvalue weighted by Gasteiger charge is 2.12. The lowest BCUT2D eigenvalue weighted by molar-refractivity contribution is 0.357. The van der Waals surface area contributed by atoms with Gasteiger partial charge in [0.1, 0.15) is 5.75 Å². The molecule has 0 amide bonds. The molecule has 0 fully saturated rings. The summed E-state index contributed by atoms with van der Waals surface area (Å²) in [6.45, 7) is 0.741. The number of nitrogen functional groups attached to an aromatic ring is 1. The first-order chi connectivity index (χ1) is 9.26. The standard InChI is InChI=1S/C15H13N3O/c16-9-10-1-3-13(17)14(7-10)18-12-2-4-15-11(8-12)5-6-19-15/h1-4,7-8,18H,5-6,17H2. The maximum atomic E-state index is 8.91. The molecule has 0 atom stereocenters. The van der Waals surface area contributed by atoms with Crippen molar-refractivity contribution in [2.75, 3.05) is 17.7 Å². The van der Waals surface area contributed by atoms with Crippen LogP contribution in [-0.2, 0) is 6.42 Å². The number of nitriles is 1. The summed E-state index contributed by atoms with van der Waals surface area (Å²) in [6.07, 6.45) is 0.929. The Kier molecular flexibility index (Phi) is 2.73. The Hall–Kier alpha value is -2.67. The Morgan fingerprint density at radius 3 is 2.95 bits per heavy atom. The van der Waals surface area contributed by atoms with Crippen molar-refractivity contribution in [3.8, 4) is 11.8 Å². The van der Waals surface area contributed by atoms with Gasteiger partial charge in [-0.2, -0.15) is 5.26 Å². The predicted molar refractivity (Wildman–Crippen MR) is 74.5 cm³/mol. The zero-order chi connectivity index (χ0) is 13.2. The Balaban J connectivity index is 1.91. The summed E-state index contributed by atoms with van der Waals surface area (Å²) in [5, 5.41) is 12.2. The van der Waals surface area contributed by atoms with Crippen LogP contribution in [0.2, 0.25) is 0 Å². The van der Waals surface area contributed by atoms with Gasteiger partial charge >= 0.3 is 0 Å². The lowest BCUT2D eigenvalue weighted by Gasteiger charge is -2.10. The molecular weight excluding hydrogens is 238 g/mol. The van der Waals surface area contributed by atoms with Crippen LogP contribution < -0.4 is 15.8 Å². The first kappa shape index (κ1) is 11.4. The van der Waals surface area contributed by atoms with Crippen LogP contribution in [0.5, 0.6) is 5.75 Å². The SMILES string of the molecule is N#Cc1ccc(N)c(Nc2ccc3c(c2)CCO3)c1. The van der Waals surface area contributed by atoms with Gasteiger partial charge in [-0.05, 0) is 42.0 Å². The van der Waals surface area contributed by atoms with Crippen molar-refractivity contribution in [1.82, 2.24) is 0 Å². The smallest absolute Gasteiger partial charge is 0.122 e. The number of hydrogen-bond acceptors (Lipinski definition) is 4. The third-order valence-corrected chi connectivity index (χ3v) is 3.15. The van der Waals surface area contributed by atoms with E-state index in [4.69, 9.17) is 15.7 Å². The molecule has 0 unspecified atom stereocenters. The maximum absolute atomic E-state index is 8.91. The molecule has 19 heavy (non-hydrogen) atoms. The number of benzene rings is 2. The zero-order valence-electron chi connectivity index (χ0n) is 10.3. The molecule has 3 rings (SSSR count). The molecule has 3 N–H and O–H groups in total. The van der Waals surface area contributed by atoms with Crippen molar-refractivity contribution in [2.45, 2.75) is 6.42 Å². The van der Waals surface area contributed by atoms with Crippen molar-refractivity contribution in [3.05, 3.63) is 47.5 Å². The molecule has 4 heteroatoms. The molecule has 2 aromatic rings. The van der Waals surface area contributed by atoms with Crippen LogP contribution >= 0.6 is 0 Å². The first-order valence-corrected chi connectivity index (χ1v) is 6.08. The Bertz CT molecular complexity index is 674. The predicted octanol–water partition coefficient (Wildman–Crippen LogP) is 2.82. The lowest BCUT2D eigenvalue weighted by Crippen LogP contribution is -1.97. The summed E-state index contributed by atoms with van der Waals surface area (Å²) in [4.78, 5) is 0. The fourth-order valence-corrected chi connectivity index (χ4v) is 2.15. The Labute approximate surface area is 111 Å². The molecule has 0 saturated heterocycles. The summed E-state index contributed by atoms with van der Waals surface area (Å²) in [5.74, 6) is 0.948. The lowest BCUT2D eigenvalue weighted by atomic mass is 10.1. The van der Waals surface area contributed by atoms with E-state index in [0.29, 0.717) is 11.3 Å². The van der Waals surface area contributed by atoms with Gasteiger partial charge in [-0.1, -0.05) is 0 Å². The Morgan fingerprint density at radius 2 is 2.11 bits per heavy atom. The van der Waals surface area contributed by atoms with E-state index in [1.807, 2.05) is 12.1 Å². The molecule has 2 aromatic carbocycles. The van der Waals surface area contributed by atoms with Crippen molar-refractivity contribution >= 4 is 17.1 Å². The van der Waals surface area contributed by atoms with Crippen LogP contribution in [-0.4, -0.2) is 6.61 Å². The summed E-state index contributed by atoms with van der Waals surface area (Å²) in [5.41, 5.74) is 10.0. The topological polar surface area (TPSA) is 71.1 Å². The van der Waals surface area contributed by atoms with Gasteiger partial charge in [-0.3, -0.25) is 0 Å². The van der Waals surface area contributed by atoms with E-state index in [2.05, 4.69) is 17.5 Å². The normalized spacial score (nSPS) is 12.4. The van der Waals surface area contributed by atoms with E-state index in [0.717, 1.165) is 30.2 Å². The number of nitrogens with zero attached hydrogens (tertiary/aromatic N) is 1. The van der Waals surface area contributed by atoms with Gasteiger partial charge < -0.3 is 15.8 Å². The van der Waals surface area contributed by atoms with Crippen molar-refractivity contribution in [2.24, 2.45) is 0 Å². The molecule has 0 bridgehead atoms. The van der Waals surface area contributed by atoms with Crippen LogP contribution in [0.25, 0.3) is 0 Å². The third kappa shape index (κ3) is 2.18. The number of hydrogen-bond donors (Lipinski definition) is 2. The minimum atomic E-state index is 0.584. The van der Waals surface area contributed by atoms with E-state index in [-0.39, 0.29) is 0 Å². The third-order valence-electron chi connectivity index (χ3n) is 3.15. The average Bonchev–Trinajstić information content (AvgIpc) is 2.89. The number of nitrogens with one attached hydrogen (secondary N) is 1. The molecule has 0 aromatic heterocycles. The van der Waals surface area contributed by atoms with E-state index >= 15 is 0 Å². The van der Waals surface area contributed by atoms with E-state index in [9.17, 15) is 0 Å². The maximum Gasteiger partial charge on any atom is 0.122 e. The fraction of sp³-hybridized carbons (Fsp3) is 0.133. The number of rotatable bonds is 2. The molecule has 0 radical (unpaired) electrons. The number of fused-ring (bicyclic) bond motifs is 1.